The summed E-state index contributed by atoms with van der Waals surface area (Å²) in [7, 11) is 1.18. The minimum atomic E-state index is -0.903. The average molecular weight is 369 g/mol. The van der Waals surface area contributed by atoms with Crippen LogP contribution in [0.3, 0.4) is 0 Å². The van der Waals surface area contributed by atoms with Gasteiger partial charge in [-0.3, -0.25) is 10.1 Å². The highest BCUT2D eigenvalue weighted by atomic mass is 32.2. The molecule has 1 fully saturated rings. The molecule has 0 aliphatic carbocycles. The topological polar surface area (TPSA) is 89.4 Å². The number of carbonyl (C=O) groups is 2. The Hall–Kier alpha value is -2.75. The molecule has 1 aliphatic heterocycles. The summed E-state index contributed by atoms with van der Waals surface area (Å²) in [4.78, 5) is 22.8. The van der Waals surface area contributed by atoms with E-state index in [1.54, 1.807) is 6.92 Å². The molecule has 7 nitrogen and oxygen atoms in total. The Labute approximate surface area is 145 Å². The normalized spacial score (nSPS) is 17.4. The van der Waals surface area contributed by atoms with Crippen LogP contribution in [0.15, 0.2) is 33.3 Å². The van der Waals surface area contributed by atoms with E-state index in [2.05, 4.69) is 20.3 Å². The van der Waals surface area contributed by atoms with E-state index in [-0.39, 0.29) is 22.4 Å². The second-order valence-electron chi connectivity index (χ2n) is 4.44. The molecule has 132 valence electrons. The van der Waals surface area contributed by atoms with Crippen molar-refractivity contribution in [1.29, 1.82) is 0 Å². The lowest BCUT2D eigenvalue weighted by molar-refractivity contribution is -0.135. The van der Waals surface area contributed by atoms with Gasteiger partial charge in [-0.25, -0.2) is 13.6 Å². The lowest BCUT2D eigenvalue weighted by Gasteiger charge is -2.06. The van der Waals surface area contributed by atoms with Crippen molar-refractivity contribution >= 4 is 35.0 Å². The van der Waals surface area contributed by atoms with Gasteiger partial charge in [-0.1, -0.05) is 0 Å². The highest BCUT2D eigenvalue weighted by molar-refractivity contribution is 8.18. The molecule has 1 heterocycles. The smallest absolute Gasteiger partial charge is 0.331 e. The summed E-state index contributed by atoms with van der Waals surface area (Å²) in [6, 6.07) is 2.22. The number of rotatable bonds is 5. The van der Waals surface area contributed by atoms with Crippen LogP contribution in [0.25, 0.3) is 0 Å². The van der Waals surface area contributed by atoms with E-state index in [4.69, 9.17) is 4.74 Å². The zero-order valence-corrected chi connectivity index (χ0v) is 14.0. The number of amides is 1. The van der Waals surface area contributed by atoms with Crippen LogP contribution in [0.5, 0.6) is 5.75 Å². The molecule has 0 saturated carbocycles. The van der Waals surface area contributed by atoms with Gasteiger partial charge in [0.25, 0.3) is 5.91 Å². The van der Waals surface area contributed by atoms with Gasteiger partial charge in [0.15, 0.2) is 16.7 Å². The van der Waals surface area contributed by atoms with Gasteiger partial charge in [0, 0.05) is 6.08 Å². The molecule has 0 spiro atoms. The number of methoxy groups -OCH3 is 1. The third-order valence-electron chi connectivity index (χ3n) is 2.83. The highest BCUT2D eigenvalue weighted by Crippen LogP contribution is 2.24. The molecule has 1 saturated heterocycles. The van der Waals surface area contributed by atoms with E-state index < -0.39 is 29.1 Å². The number of amidine groups is 1. The van der Waals surface area contributed by atoms with E-state index in [9.17, 15) is 18.4 Å². The van der Waals surface area contributed by atoms with Crippen LogP contribution in [-0.4, -0.2) is 37.0 Å². The Morgan fingerprint density at radius 2 is 2.16 bits per heavy atom. The first-order chi connectivity index (χ1) is 12.0. The standard InChI is InChI=1S/C15H13F2N3O4S/c1-3-24-10-5-4-9(16)8(13(10)17)7-18-20-15-19-14(22)11(25-15)6-12(21)23-2/h4-7H,3H2,1-2H3,(H,19,20,22)/b11-6+,18-7?. The maximum atomic E-state index is 14.1. The number of hydrogen-bond acceptors (Lipinski definition) is 7. The second kappa shape index (κ2) is 8.38. The summed E-state index contributed by atoms with van der Waals surface area (Å²) < 4.78 is 37.2. The maximum absolute atomic E-state index is 14.1. The molecule has 10 heteroatoms. The molecule has 0 radical (unpaired) electrons. The van der Waals surface area contributed by atoms with Crippen LogP contribution in [-0.2, 0) is 14.3 Å². The van der Waals surface area contributed by atoms with E-state index >= 15 is 0 Å². The molecule has 1 aromatic carbocycles. The number of benzene rings is 1. The Morgan fingerprint density at radius 3 is 2.84 bits per heavy atom. The first kappa shape index (κ1) is 18.6. The van der Waals surface area contributed by atoms with E-state index in [1.165, 1.54) is 13.2 Å². The summed E-state index contributed by atoms with van der Waals surface area (Å²) in [5.74, 6) is -3.09. The van der Waals surface area contributed by atoms with E-state index in [1.807, 2.05) is 0 Å². The van der Waals surface area contributed by atoms with Crippen molar-refractivity contribution in [2.45, 2.75) is 6.92 Å². The minimum Gasteiger partial charge on any atom is -0.491 e. The van der Waals surface area contributed by atoms with Gasteiger partial charge < -0.3 is 9.47 Å². The summed E-state index contributed by atoms with van der Waals surface area (Å²) >= 11 is 0.841. The summed E-state index contributed by atoms with van der Waals surface area (Å²) in [5.41, 5.74) is -0.421. The number of thioether (sulfide) groups is 1. The third-order valence-corrected chi connectivity index (χ3v) is 3.73. The molecule has 0 aromatic heterocycles. The Bertz CT molecular complexity index is 793. The lowest BCUT2D eigenvalue weighted by Crippen LogP contribution is -2.19. The third kappa shape index (κ3) is 4.63. The second-order valence-corrected chi connectivity index (χ2v) is 5.47. The zero-order valence-electron chi connectivity index (χ0n) is 13.2. The number of nitrogens with one attached hydrogen (secondary N) is 1. The molecule has 1 N–H and O–H groups in total. The summed E-state index contributed by atoms with van der Waals surface area (Å²) in [5, 5.41) is 9.63. The first-order valence-corrected chi connectivity index (χ1v) is 7.78. The van der Waals surface area contributed by atoms with E-state index in [0.29, 0.717) is 0 Å². The molecule has 25 heavy (non-hydrogen) atoms. The predicted molar refractivity (Wildman–Crippen MR) is 88.4 cm³/mol. The molecule has 1 aliphatic rings. The van der Waals surface area contributed by atoms with Crippen molar-refractivity contribution in [2.24, 2.45) is 10.2 Å². The molecule has 0 unspecified atom stereocenters. The molecular weight excluding hydrogens is 356 g/mol. The van der Waals surface area contributed by atoms with Crippen LogP contribution >= 0.6 is 11.8 Å². The van der Waals surface area contributed by atoms with Crippen molar-refractivity contribution in [1.82, 2.24) is 5.32 Å². The van der Waals surface area contributed by atoms with Gasteiger partial charge in [0.2, 0.25) is 0 Å². The summed E-state index contributed by atoms with van der Waals surface area (Å²) in [6.07, 6.45) is 1.87. The number of hydrogen-bond donors (Lipinski definition) is 1. The number of esters is 1. The van der Waals surface area contributed by atoms with Crippen molar-refractivity contribution < 1.29 is 27.8 Å². The van der Waals surface area contributed by atoms with Crippen LogP contribution in [0.1, 0.15) is 12.5 Å². The quantitative estimate of drug-likeness (QED) is 0.371. The van der Waals surface area contributed by atoms with Crippen LogP contribution < -0.4 is 10.1 Å². The molecule has 1 aromatic rings. The fourth-order valence-electron chi connectivity index (χ4n) is 1.71. The number of carbonyl (C=O) groups excluding carboxylic acids is 2. The predicted octanol–water partition coefficient (Wildman–Crippen LogP) is 1.97. The van der Waals surface area contributed by atoms with Gasteiger partial charge >= 0.3 is 5.97 Å². The molecule has 2 rings (SSSR count). The van der Waals surface area contributed by atoms with Crippen molar-refractivity contribution in [3.8, 4) is 5.75 Å². The van der Waals surface area contributed by atoms with Crippen molar-refractivity contribution in [3.05, 3.63) is 40.3 Å². The monoisotopic (exact) mass is 369 g/mol. The Balaban J connectivity index is 2.17. The minimum absolute atomic E-state index is 0.0539. The van der Waals surface area contributed by atoms with Crippen molar-refractivity contribution in [3.63, 3.8) is 0 Å². The van der Waals surface area contributed by atoms with Crippen LogP contribution in [0, 0.1) is 11.6 Å². The SMILES string of the molecule is CCOc1ccc(F)c(C=N/N=C2/NC(=O)/C(=C\C(=O)OC)S2)c1F. The number of ether oxygens (including phenoxy) is 2. The number of nitrogens with zero attached hydrogens (tertiary/aromatic N) is 2. The summed E-state index contributed by atoms with van der Waals surface area (Å²) in [6.45, 7) is 1.89. The Kier molecular flexibility index (Phi) is 6.23. The molecule has 0 bridgehead atoms. The maximum Gasteiger partial charge on any atom is 0.331 e. The Morgan fingerprint density at radius 1 is 1.40 bits per heavy atom. The zero-order chi connectivity index (χ0) is 18.4. The van der Waals surface area contributed by atoms with Gasteiger partial charge in [0.1, 0.15) is 5.82 Å². The average Bonchev–Trinajstić information content (AvgIpc) is 2.93. The van der Waals surface area contributed by atoms with E-state index in [0.717, 1.165) is 30.1 Å². The molecule has 1 amide bonds. The largest absolute Gasteiger partial charge is 0.491 e. The van der Waals surface area contributed by atoms with Gasteiger partial charge in [-0.15, -0.1) is 5.10 Å². The fourth-order valence-corrected chi connectivity index (χ4v) is 2.45. The van der Waals surface area contributed by atoms with Crippen LogP contribution in [0.2, 0.25) is 0 Å². The molecular formula is C15H13F2N3O4S. The first-order valence-electron chi connectivity index (χ1n) is 6.97. The lowest BCUT2D eigenvalue weighted by atomic mass is 10.2. The van der Waals surface area contributed by atoms with Gasteiger partial charge in [-0.05, 0) is 30.8 Å². The van der Waals surface area contributed by atoms with Crippen LogP contribution in [0.4, 0.5) is 8.78 Å². The van der Waals surface area contributed by atoms with Gasteiger partial charge in [-0.2, -0.15) is 5.10 Å². The fraction of sp³-hybridized carbons (Fsp3) is 0.200. The van der Waals surface area contributed by atoms with Gasteiger partial charge in [0.05, 0.1) is 30.4 Å². The highest BCUT2D eigenvalue weighted by Gasteiger charge is 2.25. The number of halogens is 2. The van der Waals surface area contributed by atoms with Crippen molar-refractivity contribution in [2.75, 3.05) is 13.7 Å². The molecule has 0 atom stereocenters.